The predicted octanol–water partition coefficient (Wildman–Crippen LogP) is 18.9. The van der Waals surface area contributed by atoms with Crippen molar-refractivity contribution in [2.45, 2.75) is 5.41 Å². The molecule has 0 aliphatic heterocycles. The van der Waals surface area contributed by atoms with Gasteiger partial charge in [-0.15, -0.1) is 0 Å². The lowest BCUT2D eigenvalue weighted by molar-refractivity contribution is 0.794. The molecule has 0 amide bonds. The van der Waals surface area contributed by atoms with Gasteiger partial charge in [0, 0.05) is 27.7 Å². The first-order valence-corrected chi connectivity index (χ1v) is 25.4. The van der Waals surface area contributed by atoms with Crippen LogP contribution in [-0.4, -0.2) is 4.57 Å². The Kier molecular flexibility index (Phi) is 8.41. The van der Waals surface area contributed by atoms with Crippen LogP contribution >= 0.6 is 0 Å². The van der Waals surface area contributed by atoms with Gasteiger partial charge in [-0.2, -0.15) is 0 Å². The minimum atomic E-state index is -0.546. The number of fused-ring (bicyclic) bond motifs is 20. The second-order valence-electron chi connectivity index (χ2n) is 19.9. The molecule has 1 aromatic heterocycles. The van der Waals surface area contributed by atoms with Gasteiger partial charge in [0.2, 0.25) is 0 Å². The summed E-state index contributed by atoms with van der Waals surface area (Å²) in [5, 5.41) is 12.3. The maximum absolute atomic E-state index is 2.61. The Labute approximate surface area is 422 Å². The maximum atomic E-state index is 2.61. The van der Waals surface area contributed by atoms with Crippen LogP contribution in [0.15, 0.2) is 267 Å². The Morgan fingerprint density at radius 1 is 0.288 bits per heavy atom. The van der Waals surface area contributed by atoms with Crippen LogP contribution < -0.4 is 4.90 Å². The average Bonchev–Trinajstić information content (AvgIpc) is 4.09. The normalized spacial score (nSPS) is 13.0. The molecule has 16 rings (SSSR count). The van der Waals surface area contributed by atoms with E-state index in [0.717, 1.165) is 28.3 Å². The zero-order chi connectivity index (χ0) is 47.8. The molecule has 14 aromatic rings. The monoisotopic (exact) mass is 924 g/mol. The zero-order valence-electron chi connectivity index (χ0n) is 39.8. The molecule has 0 saturated carbocycles. The molecule has 0 atom stereocenters. The molecule has 13 aromatic carbocycles. The van der Waals surface area contributed by atoms with Crippen molar-refractivity contribution in [3.8, 4) is 39.1 Å². The molecule has 1 heterocycles. The molecule has 2 nitrogen and oxygen atoms in total. The lowest BCUT2D eigenvalue weighted by atomic mass is 9.70. The van der Waals surface area contributed by atoms with Crippen LogP contribution in [0.1, 0.15) is 22.3 Å². The number of benzene rings is 13. The van der Waals surface area contributed by atoms with E-state index in [9.17, 15) is 0 Å². The summed E-state index contributed by atoms with van der Waals surface area (Å²) < 4.78 is 2.44. The van der Waals surface area contributed by atoms with Crippen LogP contribution in [0, 0.1) is 0 Å². The Hall–Kier alpha value is -9.50. The maximum Gasteiger partial charge on any atom is 0.0726 e. The molecule has 2 heteroatoms. The van der Waals surface area contributed by atoms with E-state index in [0.29, 0.717) is 0 Å². The molecule has 1 spiro atoms. The highest BCUT2D eigenvalue weighted by atomic mass is 15.2. The van der Waals surface area contributed by atoms with Crippen molar-refractivity contribution in [2.75, 3.05) is 4.90 Å². The molecule has 0 bridgehead atoms. The Bertz CT molecular complexity index is 4550. The molecule has 0 fully saturated rings. The fourth-order valence-corrected chi connectivity index (χ4v) is 13.4. The van der Waals surface area contributed by atoms with E-state index in [2.05, 4.69) is 276 Å². The number of hydrogen-bond donors (Lipinski definition) is 0. The largest absolute Gasteiger partial charge is 0.309 e. The Morgan fingerprint density at radius 2 is 0.822 bits per heavy atom. The standard InChI is InChI=1S/C71H44N2/c1-2-21-48(22-3-1)72-66-34-17-13-30-58(66)70-67(72)35-18-36-68(70)73(49-39-40-54-52-25-7-6-23-50(52)51-24-8-9-26-53(51)60(54)42-49)69-44-65-61(43-59(69)47-38-37-45-19-4-5-20-46(45)41-47)57-29-12-16-33-64(57)71(65)62-31-14-10-27-55(62)56-28-11-15-32-63(56)71/h1-44H. The third kappa shape index (κ3) is 5.52. The number of rotatable bonds is 5. The minimum Gasteiger partial charge on any atom is -0.309 e. The summed E-state index contributed by atoms with van der Waals surface area (Å²) in [6, 6.07) is 100. The number of para-hydroxylation sites is 2. The highest BCUT2D eigenvalue weighted by molar-refractivity contribution is 6.26. The van der Waals surface area contributed by atoms with E-state index in [-0.39, 0.29) is 0 Å². The van der Waals surface area contributed by atoms with Gasteiger partial charge < -0.3 is 9.47 Å². The van der Waals surface area contributed by atoms with E-state index in [4.69, 9.17) is 0 Å². The zero-order valence-corrected chi connectivity index (χ0v) is 39.8. The SMILES string of the molecule is c1ccc(-n2c3ccccc3c3c(N(c4ccc5c6ccccc6c6ccccc6c5c4)c4cc5c(cc4-c4ccc6ccccc6c4)-c4ccccc4C54c5ccccc5-c5ccccc54)cccc32)cc1. The third-order valence-electron chi connectivity index (χ3n) is 16.3. The second kappa shape index (κ2) is 15.3. The first kappa shape index (κ1) is 40.3. The number of aromatic nitrogens is 1. The smallest absolute Gasteiger partial charge is 0.0726 e. The van der Waals surface area contributed by atoms with Gasteiger partial charge in [-0.25, -0.2) is 0 Å². The van der Waals surface area contributed by atoms with Crippen molar-refractivity contribution >= 4 is 82.0 Å². The molecule has 0 unspecified atom stereocenters. The van der Waals surface area contributed by atoms with E-state index in [1.54, 1.807) is 0 Å². The van der Waals surface area contributed by atoms with Crippen LogP contribution in [-0.2, 0) is 5.41 Å². The van der Waals surface area contributed by atoms with Gasteiger partial charge in [-0.05, 0) is 154 Å². The van der Waals surface area contributed by atoms with E-state index in [1.807, 2.05) is 0 Å². The Morgan fingerprint density at radius 3 is 1.51 bits per heavy atom. The molecule has 2 aliphatic carbocycles. The third-order valence-corrected chi connectivity index (χ3v) is 16.3. The van der Waals surface area contributed by atoms with Crippen molar-refractivity contribution in [1.29, 1.82) is 0 Å². The number of nitrogens with zero attached hydrogens (tertiary/aromatic N) is 2. The van der Waals surface area contributed by atoms with Gasteiger partial charge in [-0.3, -0.25) is 0 Å². The highest BCUT2D eigenvalue weighted by Crippen LogP contribution is 2.64. The molecule has 338 valence electrons. The van der Waals surface area contributed by atoms with E-state index < -0.39 is 5.41 Å². The second-order valence-corrected chi connectivity index (χ2v) is 19.9. The molecular weight excluding hydrogens is 881 g/mol. The summed E-state index contributed by atoms with van der Waals surface area (Å²) >= 11 is 0. The highest BCUT2D eigenvalue weighted by Gasteiger charge is 2.52. The minimum absolute atomic E-state index is 0.546. The lowest BCUT2D eigenvalue weighted by Gasteiger charge is -2.34. The topological polar surface area (TPSA) is 8.17 Å². The molecule has 2 aliphatic rings. The number of hydrogen-bond acceptors (Lipinski definition) is 1. The van der Waals surface area contributed by atoms with Gasteiger partial charge in [0.05, 0.1) is 27.8 Å². The quantitative estimate of drug-likeness (QED) is 0.156. The summed E-state index contributed by atoms with van der Waals surface area (Å²) in [7, 11) is 0. The van der Waals surface area contributed by atoms with Crippen molar-refractivity contribution in [1.82, 2.24) is 4.57 Å². The Balaban J connectivity index is 1.09. The molecule has 0 N–H and O–H groups in total. The van der Waals surface area contributed by atoms with Crippen molar-refractivity contribution in [3.63, 3.8) is 0 Å². The van der Waals surface area contributed by atoms with Crippen LogP contribution in [0.2, 0.25) is 0 Å². The van der Waals surface area contributed by atoms with Crippen molar-refractivity contribution in [2.24, 2.45) is 0 Å². The average molecular weight is 925 g/mol. The molecule has 0 radical (unpaired) electrons. The van der Waals surface area contributed by atoms with E-state index in [1.165, 1.54) is 115 Å². The fourth-order valence-electron chi connectivity index (χ4n) is 13.4. The predicted molar refractivity (Wildman–Crippen MR) is 307 cm³/mol. The van der Waals surface area contributed by atoms with Crippen LogP contribution in [0.4, 0.5) is 17.1 Å². The summed E-state index contributed by atoms with van der Waals surface area (Å²) in [6.07, 6.45) is 0. The van der Waals surface area contributed by atoms with Crippen LogP contribution in [0.25, 0.3) is 104 Å². The van der Waals surface area contributed by atoms with Gasteiger partial charge in [-0.1, -0.05) is 206 Å². The van der Waals surface area contributed by atoms with Crippen LogP contribution in [0.3, 0.4) is 0 Å². The number of anilines is 3. The van der Waals surface area contributed by atoms with Crippen molar-refractivity contribution < 1.29 is 0 Å². The van der Waals surface area contributed by atoms with Gasteiger partial charge in [0.1, 0.15) is 0 Å². The van der Waals surface area contributed by atoms with Crippen molar-refractivity contribution in [3.05, 3.63) is 289 Å². The summed E-state index contributed by atoms with van der Waals surface area (Å²) in [4.78, 5) is 2.61. The molecule has 73 heavy (non-hydrogen) atoms. The van der Waals surface area contributed by atoms with Crippen LogP contribution in [0.5, 0.6) is 0 Å². The molecular formula is C71H44N2. The lowest BCUT2D eigenvalue weighted by Crippen LogP contribution is -2.26. The van der Waals surface area contributed by atoms with E-state index >= 15 is 0 Å². The first-order valence-electron chi connectivity index (χ1n) is 25.4. The fraction of sp³-hybridized carbons (Fsp3) is 0.0141. The summed E-state index contributed by atoms with van der Waals surface area (Å²) in [6.45, 7) is 0. The van der Waals surface area contributed by atoms with Gasteiger partial charge in [0.25, 0.3) is 0 Å². The summed E-state index contributed by atoms with van der Waals surface area (Å²) in [5.74, 6) is 0. The van der Waals surface area contributed by atoms with Gasteiger partial charge in [0.15, 0.2) is 0 Å². The van der Waals surface area contributed by atoms with Gasteiger partial charge >= 0.3 is 0 Å². The molecule has 0 saturated heterocycles. The summed E-state index contributed by atoms with van der Waals surface area (Å²) in [5.41, 5.74) is 19.0. The first-order chi connectivity index (χ1) is 36.2.